The van der Waals surface area contributed by atoms with Crippen LogP contribution in [0.25, 0.3) is 0 Å². The summed E-state index contributed by atoms with van der Waals surface area (Å²) < 4.78 is 44.8. The number of carbonyl (C=O) groups excluding carboxylic acids is 2. The van der Waals surface area contributed by atoms with E-state index in [0.717, 1.165) is 57.4 Å². The maximum Gasteiger partial charge on any atom is 0.340 e. The zero-order valence-electron chi connectivity index (χ0n) is 34.5. The Morgan fingerprint density at radius 1 is 0.500 bits per heavy atom. The number of hydrogen-bond acceptors (Lipinski definition) is 6. The van der Waals surface area contributed by atoms with Gasteiger partial charge in [-0.3, -0.25) is 4.55 Å². The quantitative estimate of drug-likeness (QED) is 0.0310. The lowest BCUT2D eigenvalue weighted by Gasteiger charge is -2.13. The number of benzene rings is 1. The molecule has 0 spiro atoms. The normalized spacial score (nSPS) is 11.9. The van der Waals surface area contributed by atoms with E-state index in [1.807, 2.05) is 0 Å². The molecular weight excluding hydrogens is 697 g/mol. The lowest BCUT2D eigenvalue weighted by molar-refractivity contribution is 0.0446. The highest BCUT2D eigenvalue weighted by atomic mass is 32.2. The minimum absolute atomic E-state index is 0.104. The van der Waals surface area contributed by atoms with Crippen molar-refractivity contribution in [1.82, 2.24) is 0 Å². The highest BCUT2D eigenvalue weighted by Crippen LogP contribution is 2.23. The van der Waals surface area contributed by atoms with Crippen LogP contribution in [-0.4, -0.2) is 38.1 Å². The summed E-state index contributed by atoms with van der Waals surface area (Å²) in [6.07, 6.45) is 44.8. The van der Waals surface area contributed by atoms with E-state index in [1.54, 1.807) is 0 Å². The van der Waals surface area contributed by atoms with E-state index >= 15 is 0 Å². The predicted molar refractivity (Wildman–Crippen MR) is 225 cm³/mol. The first-order chi connectivity index (χ1) is 26.3. The number of ether oxygens (including phenoxy) is 2. The van der Waals surface area contributed by atoms with Crippen molar-refractivity contribution in [2.75, 3.05) is 13.2 Å². The van der Waals surface area contributed by atoms with Gasteiger partial charge in [0.2, 0.25) is 0 Å². The molecule has 0 saturated carbocycles. The lowest BCUT2D eigenvalue weighted by Crippen LogP contribution is -2.19. The van der Waals surface area contributed by atoms with Gasteiger partial charge in [-0.2, -0.15) is 8.42 Å². The van der Waals surface area contributed by atoms with Gasteiger partial charge in [0, 0.05) is 0 Å². The molecule has 8 heteroatoms. The summed E-state index contributed by atoms with van der Waals surface area (Å²) in [4.78, 5) is 25.3. The van der Waals surface area contributed by atoms with Crippen LogP contribution in [0.2, 0.25) is 0 Å². The van der Waals surface area contributed by atoms with E-state index in [-0.39, 0.29) is 18.8 Å². The average molecular weight is 775 g/mol. The fourth-order valence-corrected chi connectivity index (χ4v) is 7.36. The summed E-state index contributed by atoms with van der Waals surface area (Å²) in [5, 5.41) is 0. The third-order valence-corrected chi connectivity index (χ3v) is 10.9. The van der Waals surface area contributed by atoms with E-state index < -0.39 is 32.5 Å². The Bertz CT molecular complexity index is 1240. The van der Waals surface area contributed by atoms with Gasteiger partial charge in [0.05, 0.1) is 24.3 Å². The molecule has 7 nitrogen and oxygen atoms in total. The Morgan fingerprint density at radius 3 is 1.20 bits per heavy atom. The summed E-state index contributed by atoms with van der Waals surface area (Å²) in [6.45, 7) is 4.78. The highest BCUT2D eigenvalue weighted by molar-refractivity contribution is 7.86. The maximum absolute atomic E-state index is 13.0. The van der Waals surface area contributed by atoms with Gasteiger partial charge < -0.3 is 9.47 Å². The van der Waals surface area contributed by atoms with Gasteiger partial charge in [0.1, 0.15) is 4.90 Å². The Hall–Kier alpha value is -2.45. The Labute approximate surface area is 331 Å². The van der Waals surface area contributed by atoms with Gasteiger partial charge >= 0.3 is 11.9 Å². The second-order valence-electron chi connectivity index (χ2n) is 15.0. The predicted octanol–water partition coefficient (Wildman–Crippen LogP) is 14.1. The molecule has 0 amide bonds. The van der Waals surface area contributed by atoms with Crippen LogP contribution in [0.3, 0.4) is 0 Å². The fraction of sp³-hybridized carbons (Fsp3) is 0.739. The Kier molecular flexibility index (Phi) is 32.1. The zero-order valence-corrected chi connectivity index (χ0v) is 35.3. The van der Waals surface area contributed by atoms with Crippen LogP contribution < -0.4 is 0 Å². The molecule has 0 aromatic heterocycles. The molecule has 0 bridgehead atoms. The third kappa shape index (κ3) is 27.2. The number of rotatable bonds is 37. The minimum atomic E-state index is -4.77. The van der Waals surface area contributed by atoms with Crippen molar-refractivity contribution < 1.29 is 32.0 Å². The van der Waals surface area contributed by atoms with Gasteiger partial charge in [0.15, 0.2) is 0 Å². The van der Waals surface area contributed by atoms with E-state index in [0.29, 0.717) is 12.8 Å². The largest absolute Gasteiger partial charge is 0.462 e. The van der Waals surface area contributed by atoms with Gasteiger partial charge in [-0.25, -0.2) is 9.59 Å². The fourth-order valence-electron chi connectivity index (χ4n) is 6.66. The van der Waals surface area contributed by atoms with E-state index in [9.17, 15) is 22.6 Å². The van der Waals surface area contributed by atoms with E-state index in [4.69, 9.17) is 9.47 Å². The number of esters is 2. The molecule has 0 atom stereocenters. The minimum Gasteiger partial charge on any atom is -0.462 e. The second-order valence-corrected chi connectivity index (χ2v) is 16.4. The van der Waals surface area contributed by atoms with Crippen molar-refractivity contribution >= 4 is 22.1 Å². The van der Waals surface area contributed by atoms with Crippen molar-refractivity contribution in [3.05, 3.63) is 53.6 Å². The number of hydrogen-bond donors (Lipinski definition) is 1. The van der Waals surface area contributed by atoms with Gasteiger partial charge in [-0.15, -0.1) is 0 Å². The van der Waals surface area contributed by atoms with Gasteiger partial charge in [-0.05, 0) is 76.3 Å². The zero-order chi connectivity index (χ0) is 39.4. The summed E-state index contributed by atoms with van der Waals surface area (Å²) >= 11 is 0. The lowest BCUT2D eigenvalue weighted by atomic mass is 10.1. The molecule has 0 saturated heterocycles. The summed E-state index contributed by atoms with van der Waals surface area (Å²) in [5.41, 5.74) is -0.684. The number of allylic oxidation sites excluding steroid dienone is 4. The number of carbonyl (C=O) groups is 2. The first-order valence-electron chi connectivity index (χ1n) is 22.1. The standard InChI is InChI=1S/C46H78O7S/c1-3-5-7-9-11-13-15-17-19-21-23-25-27-29-31-33-35-40-52-45(47)42-38-37-39-43(54(49,50)51)44(42)46(48)53-41-36-34-32-30-28-26-24-22-20-18-16-14-12-10-8-6-4-2/h17-20,37-39H,3-16,21-36,40-41H2,1-2H3,(H,49,50,51)/b19-17+,20-18+. The van der Waals surface area contributed by atoms with Crippen molar-refractivity contribution in [3.63, 3.8) is 0 Å². The Balaban J connectivity index is 2.24. The van der Waals surface area contributed by atoms with Gasteiger partial charge in [-0.1, -0.05) is 173 Å². The topological polar surface area (TPSA) is 107 Å². The molecule has 1 aromatic rings. The molecule has 1 N–H and O–H groups in total. The summed E-state index contributed by atoms with van der Waals surface area (Å²) in [7, 11) is -4.77. The van der Waals surface area contributed by atoms with Crippen LogP contribution in [0, 0.1) is 0 Å². The molecule has 54 heavy (non-hydrogen) atoms. The monoisotopic (exact) mass is 775 g/mol. The van der Waals surface area contributed by atoms with Crippen LogP contribution in [0.5, 0.6) is 0 Å². The molecule has 0 aliphatic rings. The molecule has 310 valence electrons. The maximum atomic E-state index is 13.0. The van der Waals surface area contributed by atoms with E-state index in [2.05, 4.69) is 38.2 Å². The smallest absolute Gasteiger partial charge is 0.340 e. The first-order valence-corrected chi connectivity index (χ1v) is 23.5. The third-order valence-electron chi connectivity index (χ3n) is 10.0. The van der Waals surface area contributed by atoms with Crippen LogP contribution >= 0.6 is 0 Å². The molecule has 0 unspecified atom stereocenters. The van der Waals surface area contributed by atoms with Gasteiger partial charge in [0.25, 0.3) is 10.1 Å². The van der Waals surface area contributed by atoms with Crippen molar-refractivity contribution in [2.45, 2.75) is 211 Å². The molecule has 1 rings (SSSR count). The van der Waals surface area contributed by atoms with Crippen LogP contribution in [-0.2, 0) is 19.6 Å². The Morgan fingerprint density at radius 2 is 0.833 bits per heavy atom. The molecular formula is C46H78O7S. The molecule has 0 aliphatic carbocycles. The molecule has 0 radical (unpaired) electrons. The number of unbranched alkanes of at least 4 members (excludes halogenated alkanes) is 26. The van der Waals surface area contributed by atoms with Crippen LogP contribution in [0.4, 0.5) is 0 Å². The summed E-state index contributed by atoms with van der Waals surface area (Å²) in [6, 6.07) is 3.75. The second kappa shape index (κ2) is 35.0. The summed E-state index contributed by atoms with van der Waals surface area (Å²) in [5.74, 6) is -1.75. The average Bonchev–Trinajstić information content (AvgIpc) is 3.16. The molecule has 0 fully saturated rings. The first kappa shape index (κ1) is 49.6. The van der Waals surface area contributed by atoms with Crippen molar-refractivity contribution in [1.29, 1.82) is 0 Å². The molecule has 0 aliphatic heterocycles. The molecule has 0 heterocycles. The highest BCUT2D eigenvalue weighted by Gasteiger charge is 2.28. The van der Waals surface area contributed by atoms with Crippen LogP contribution in [0.1, 0.15) is 227 Å². The SMILES string of the molecule is CCCCCCCC/C=C/CCCCCCCCCOC(=O)c1cccc(S(=O)(=O)O)c1C(=O)OCCCCCCCCC/C=C/CCCCCCCC. The van der Waals surface area contributed by atoms with Crippen molar-refractivity contribution in [2.24, 2.45) is 0 Å². The van der Waals surface area contributed by atoms with Crippen LogP contribution in [0.15, 0.2) is 47.4 Å². The van der Waals surface area contributed by atoms with E-state index in [1.165, 1.54) is 141 Å². The molecule has 1 aromatic carbocycles. The van der Waals surface area contributed by atoms with Crippen molar-refractivity contribution in [3.8, 4) is 0 Å².